The van der Waals surface area contributed by atoms with E-state index >= 15 is 0 Å². The lowest BCUT2D eigenvalue weighted by Crippen LogP contribution is -2.48. The minimum atomic E-state index is -4.76. The van der Waals surface area contributed by atoms with E-state index in [1.54, 1.807) is 29.2 Å². The van der Waals surface area contributed by atoms with E-state index < -0.39 is 17.8 Å². The van der Waals surface area contributed by atoms with Gasteiger partial charge in [0.2, 0.25) is 0 Å². The Morgan fingerprint density at radius 1 is 1.13 bits per heavy atom. The number of fused-ring (bicyclic) bond motifs is 1. The van der Waals surface area contributed by atoms with Crippen LogP contribution in [0.15, 0.2) is 36.5 Å². The Morgan fingerprint density at radius 2 is 1.87 bits per heavy atom. The molecule has 0 radical (unpaired) electrons. The summed E-state index contributed by atoms with van der Waals surface area (Å²) in [4.78, 5) is 21.5. The van der Waals surface area contributed by atoms with Crippen LogP contribution in [0.4, 0.5) is 13.2 Å². The van der Waals surface area contributed by atoms with Crippen LogP contribution >= 0.6 is 11.6 Å². The summed E-state index contributed by atoms with van der Waals surface area (Å²) in [6, 6.07) is 7.40. The number of aromatic nitrogens is 5. The van der Waals surface area contributed by atoms with Crippen LogP contribution in [0.2, 0.25) is 5.02 Å². The van der Waals surface area contributed by atoms with E-state index in [0.717, 1.165) is 23.9 Å². The average Bonchev–Trinajstić information content (AvgIpc) is 3.46. The minimum Gasteiger partial charge on any atom is -0.497 e. The van der Waals surface area contributed by atoms with Gasteiger partial charge in [0.25, 0.3) is 5.91 Å². The number of nitrogens with zero attached hydrogens (tertiary/aromatic N) is 7. The molecule has 0 spiro atoms. The summed E-state index contributed by atoms with van der Waals surface area (Å²) in [5, 5.41) is 8.25. The van der Waals surface area contributed by atoms with Crippen LogP contribution in [0.25, 0.3) is 16.9 Å². The lowest BCUT2D eigenvalue weighted by atomic mass is 10.1. The van der Waals surface area contributed by atoms with Crippen molar-refractivity contribution in [2.75, 3.05) is 33.3 Å². The molecule has 39 heavy (non-hydrogen) atoms. The van der Waals surface area contributed by atoms with Crippen LogP contribution in [-0.2, 0) is 19.3 Å². The quantitative estimate of drug-likeness (QED) is 0.343. The zero-order valence-corrected chi connectivity index (χ0v) is 22.4. The first-order chi connectivity index (χ1) is 18.6. The smallest absolute Gasteiger partial charge is 0.433 e. The Bertz CT molecular complexity index is 1520. The number of piperazine rings is 1. The van der Waals surface area contributed by atoms with Crippen molar-refractivity contribution in [1.82, 2.24) is 34.2 Å². The largest absolute Gasteiger partial charge is 0.497 e. The number of methoxy groups -OCH3 is 1. The highest BCUT2D eigenvalue weighted by molar-refractivity contribution is 6.36. The first kappa shape index (κ1) is 26.9. The number of carbonyl (C=O) groups is 1. The Labute approximate surface area is 227 Å². The lowest BCUT2D eigenvalue weighted by Gasteiger charge is -2.34. The molecular formula is C26H27ClF3N7O2. The van der Waals surface area contributed by atoms with Gasteiger partial charge in [-0.15, -0.1) is 0 Å². The van der Waals surface area contributed by atoms with Gasteiger partial charge in [-0.25, -0.2) is 9.50 Å². The third-order valence-electron chi connectivity index (χ3n) is 6.82. The molecule has 1 fully saturated rings. The Hall–Kier alpha value is -3.64. The normalized spacial score (nSPS) is 14.8. The van der Waals surface area contributed by atoms with Crippen LogP contribution in [-0.4, -0.2) is 73.4 Å². The Kier molecular flexibility index (Phi) is 7.25. The molecule has 1 aliphatic rings. The first-order valence-corrected chi connectivity index (χ1v) is 12.8. The molecule has 4 heterocycles. The summed E-state index contributed by atoms with van der Waals surface area (Å²) in [5.74, 6) is -0.0668. The molecule has 5 rings (SSSR count). The standard InChI is InChI=1S/C26H27ClF3N7O2/c1-4-36-15-18(16(2)32-36)14-34-8-10-35(11-9-34)25(38)23-22(27)24-31-20(17-6-5-7-19(12-17)39-3)13-21(26(28,29)30)37(24)33-23/h5-7,12-13,15H,4,8-11,14H2,1-3H3. The van der Waals surface area contributed by atoms with Crippen LogP contribution in [0.3, 0.4) is 0 Å². The van der Waals surface area contributed by atoms with E-state index in [2.05, 4.69) is 20.1 Å². The average molecular weight is 562 g/mol. The van der Waals surface area contributed by atoms with Gasteiger partial charge in [0.1, 0.15) is 10.8 Å². The van der Waals surface area contributed by atoms with Crippen LogP contribution < -0.4 is 4.74 Å². The highest BCUT2D eigenvalue weighted by Crippen LogP contribution is 2.35. The van der Waals surface area contributed by atoms with E-state index in [1.807, 2.05) is 24.7 Å². The molecule has 1 aliphatic heterocycles. The number of carbonyl (C=O) groups excluding carboxylic acids is 1. The van der Waals surface area contributed by atoms with E-state index in [9.17, 15) is 18.0 Å². The Balaban J connectivity index is 1.41. The van der Waals surface area contributed by atoms with Gasteiger partial charge in [0, 0.05) is 56.6 Å². The molecule has 4 aromatic rings. The number of rotatable bonds is 6. The summed E-state index contributed by atoms with van der Waals surface area (Å²) in [7, 11) is 1.46. The first-order valence-electron chi connectivity index (χ1n) is 12.4. The third kappa shape index (κ3) is 5.30. The Morgan fingerprint density at radius 3 is 2.51 bits per heavy atom. The minimum absolute atomic E-state index is 0.0322. The maximum atomic E-state index is 14.1. The number of alkyl halides is 3. The maximum absolute atomic E-state index is 14.1. The predicted octanol–water partition coefficient (Wildman–Crippen LogP) is 4.56. The summed E-state index contributed by atoms with van der Waals surface area (Å²) in [6.07, 6.45) is -2.74. The SMILES string of the molecule is CCn1cc(CN2CCN(C(=O)c3nn4c(C(F)(F)F)cc(-c5cccc(OC)c5)nc4c3Cl)CC2)c(C)n1. The van der Waals surface area contributed by atoms with Crippen LogP contribution in [0, 0.1) is 6.92 Å². The molecule has 1 saturated heterocycles. The molecule has 9 nitrogen and oxygen atoms in total. The van der Waals surface area contributed by atoms with Crippen molar-refractivity contribution in [3.63, 3.8) is 0 Å². The van der Waals surface area contributed by atoms with E-state index in [-0.39, 0.29) is 22.1 Å². The van der Waals surface area contributed by atoms with Gasteiger partial charge in [-0.05, 0) is 32.0 Å². The molecule has 0 saturated carbocycles. The summed E-state index contributed by atoms with van der Waals surface area (Å²) in [5.41, 5.74) is 0.943. The number of halogens is 4. The molecule has 206 valence electrons. The highest BCUT2D eigenvalue weighted by Gasteiger charge is 2.37. The predicted molar refractivity (Wildman–Crippen MR) is 139 cm³/mol. The van der Waals surface area contributed by atoms with Crippen molar-refractivity contribution in [3.05, 3.63) is 64.2 Å². The third-order valence-corrected chi connectivity index (χ3v) is 7.16. The lowest BCUT2D eigenvalue weighted by molar-refractivity contribution is -0.142. The van der Waals surface area contributed by atoms with Gasteiger partial charge in [0.15, 0.2) is 17.0 Å². The van der Waals surface area contributed by atoms with Gasteiger partial charge in [-0.3, -0.25) is 14.4 Å². The van der Waals surface area contributed by atoms with Gasteiger partial charge in [0.05, 0.1) is 18.5 Å². The molecule has 3 aromatic heterocycles. The van der Waals surface area contributed by atoms with Crippen molar-refractivity contribution < 1.29 is 22.7 Å². The number of hydrogen-bond donors (Lipinski definition) is 0. The van der Waals surface area contributed by atoms with Crippen LogP contribution in [0.5, 0.6) is 5.75 Å². The summed E-state index contributed by atoms with van der Waals surface area (Å²) in [6.45, 7) is 7.45. The van der Waals surface area contributed by atoms with Gasteiger partial charge in [-0.2, -0.15) is 23.4 Å². The zero-order valence-electron chi connectivity index (χ0n) is 21.7. The van der Waals surface area contributed by atoms with Crippen LogP contribution in [0.1, 0.15) is 34.4 Å². The number of aryl methyl sites for hydroxylation is 2. The van der Waals surface area contributed by atoms with Crippen molar-refractivity contribution >= 4 is 23.2 Å². The second-order valence-electron chi connectivity index (χ2n) is 9.32. The van der Waals surface area contributed by atoms with Gasteiger partial charge in [-0.1, -0.05) is 23.7 Å². The van der Waals surface area contributed by atoms with Crippen molar-refractivity contribution in [1.29, 1.82) is 0 Å². The molecule has 0 N–H and O–H groups in total. The van der Waals surface area contributed by atoms with E-state index in [0.29, 0.717) is 48.6 Å². The fourth-order valence-corrected chi connectivity index (χ4v) is 4.88. The zero-order chi connectivity index (χ0) is 27.9. The van der Waals surface area contributed by atoms with Gasteiger partial charge >= 0.3 is 6.18 Å². The number of benzene rings is 1. The van der Waals surface area contributed by atoms with Crippen molar-refractivity contribution in [3.8, 4) is 17.0 Å². The molecule has 0 aliphatic carbocycles. The second-order valence-corrected chi connectivity index (χ2v) is 9.70. The number of ether oxygens (including phenoxy) is 1. The maximum Gasteiger partial charge on any atom is 0.433 e. The van der Waals surface area contributed by atoms with Crippen molar-refractivity contribution in [2.24, 2.45) is 0 Å². The monoisotopic (exact) mass is 561 g/mol. The number of hydrogen-bond acceptors (Lipinski definition) is 6. The molecule has 0 unspecified atom stereocenters. The molecule has 1 amide bonds. The molecule has 13 heteroatoms. The number of amides is 1. The van der Waals surface area contributed by atoms with E-state index in [1.165, 1.54) is 7.11 Å². The highest BCUT2D eigenvalue weighted by atomic mass is 35.5. The fourth-order valence-electron chi connectivity index (χ4n) is 4.64. The topological polar surface area (TPSA) is 80.8 Å². The summed E-state index contributed by atoms with van der Waals surface area (Å²) >= 11 is 6.48. The molecular weight excluding hydrogens is 535 g/mol. The molecule has 0 atom stereocenters. The summed E-state index contributed by atoms with van der Waals surface area (Å²) < 4.78 is 49.9. The van der Waals surface area contributed by atoms with Crippen molar-refractivity contribution in [2.45, 2.75) is 33.1 Å². The van der Waals surface area contributed by atoms with E-state index in [4.69, 9.17) is 16.3 Å². The van der Waals surface area contributed by atoms with Gasteiger partial charge < -0.3 is 9.64 Å². The molecule has 1 aromatic carbocycles. The molecule has 0 bridgehead atoms. The second kappa shape index (κ2) is 10.5. The fraction of sp³-hybridized carbons (Fsp3) is 0.385.